The van der Waals surface area contributed by atoms with Crippen LogP contribution >= 0.6 is 0 Å². The Balaban J connectivity index is 1.95. The highest BCUT2D eigenvalue weighted by Gasteiger charge is 2.39. The number of nitro groups is 1. The van der Waals surface area contributed by atoms with Gasteiger partial charge in [0.2, 0.25) is 0 Å². The third kappa shape index (κ3) is 2.83. The van der Waals surface area contributed by atoms with E-state index in [0.29, 0.717) is 11.1 Å². The first-order valence-electron chi connectivity index (χ1n) is 8.31. The van der Waals surface area contributed by atoms with Gasteiger partial charge in [-0.15, -0.1) is 0 Å². The van der Waals surface area contributed by atoms with Crippen molar-refractivity contribution in [2.24, 2.45) is 0 Å². The standard InChI is InChI=1S/C20H21N3O3/c1-13-20(2,3)16-10-15(17(23(25)26)11-18(16)22(13)4)12-21-19(24)14-8-6-5-7-9-14/h5-11H,1,12H2,2-4H3,(H,21,24). The molecule has 0 atom stereocenters. The van der Waals surface area contributed by atoms with E-state index in [0.717, 1.165) is 16.9 Å². The Hall–Kier alpha value is -3.15. The molecule has 1 N–H and O–H groups in total. The molecule has 26 heavy (non-hydrogen) atoms. The lowest BCUT2D eigenvalue weighted by Gasteiger charge is -2.22. The SMILES string of the molecule is C=C1N(C)c2cc([N+](=O)[O-])c(CNC(=O)c3ccccc3)cc2C1(C)C. The van der Waals surface area contributed by atoms with Crippen LogP contribution in [0.3, 0.4) is 0 Å². The van der Waals surface area contributed by atoms with E-state index >= 15 is 0 Å². The van der Waals surface area contributed by atoms with E-state index < -0.39 is 4.92 Å². The molecule has 2 aromatic rings. The normalized spacial score (nSPS) is 14.9. The molecule has 0 bridgehead atoms. The summed E-state index contributed by atoms with van der Waals surface area (Å²) in [6.45, 7) is 8.27. The van der Waals surface area contributed by atoms with Gasteiger partial charge in [0.05, 0.1) is 10.6 Å². The van der Waals surface area contributed by atoms with Gasteiger partial charge in [0.25, 0.3) is 11.6 Å². The van der Waals surface area contributed by atoms with Gasteiger partial charge in [-0.2, -0.15) is 0 Å². The van der Waals surface area contributed by atoms with Gasteiger partial charge in [0.1, 0.15) is 0 Å². The van der Waals surface area contributed by atoms with E-state index in [4.69, 9.17) is 0 Å². The number of hydrogen-bond acceptors (Lipinski definition) is 4. The minimum atomic E-state index is -0.411. The summed E-state index contributed by atoms with van der Waals surface area (Å²) in [7, 11) is 1.86. The second kappa shape index (κ2) is 6.29. The number of likely N-dealkylation sites (N-methyl/N-ethyl adjacent to an activating group) is 1. The highest BCUT2D eigenvalue weighted by Crippen LogP contribution is 2.48. The van der Waals surface area contributed by atoms with E-state index in [2.05, 4.69) is 11.9 Å². The maximum absolute atomic E-state index is 12.3. The zero-order valence-electron chi connectivity index (χ0n) is 15.1. The number of carbonyl (C=O) groups excluding carboxylic acids is 1. The number of hydrogen-bond donors (Lipinski definition) is 1. The summed E-state index contributed by atoms with van der Waals surface area (Å²) in [5.41, 5.74) is 3.31. The van der Waals surface area contributed by atoms with E-state index in [1.807, 2.05) is 37.9 Å². The monoisotopic (exact) mass is 351 g/mol. The van der Waals surface area contributed by atoms with E-state index in [1.165, 1.54) is 0 Å². The molecule has 134 valence electrons. The summed E-state index contributed by atoms with van der Waals surface area (Å²) in [5.74, 6) is -0.263. The van der Waals surface area contributed by atoms with Crippen molar-refractivity contribution in [3.05, 3.63) is 81.5 Å². The van der Waals surface area contributed by atoms with Crippen molar-refractivity contribution in [2.45, 2.75) is 25.8 Å². The number of rotatable bonds is 4. The number of benzene rings is 2. The molecular weight excluding hydrogens is 330 g/mol. The molecule has 0 radical (unpaired) electrons. The first-order chi connectivity index (χ1) is 12.2. The zero-order valence-corrected chi connectivity index (χ0v) is 15.1. The molecule has 0 unspecified atom stereocenters. The number of fused-ring (bicyclic) bond motifs is 1. The van der Waals surface area contributed by atoms with Crippen LogP contribution in [0.2, 0.25) is 0 Å². The Morgan fingerprint density at radius 3 is 2.54 bits per heavy atom. The molecule has 3 rings (SSSR count). The Labute approximate surface area is 152 Å². The van der Waals surface area contributed by atoms with Crippen molar-refractivity contribution in [3.8, 4) is 0 Å². The Bertz CT molecular complexity index is 904. The summed E-state index contributed by atoms with van der Waals surface area (Å²) >= 11 is 0. The smallest absolute Gasteiger partial charge is 0.276 e. The highest BCUT2D eigenvalue weighted by molar-refractivity contribution is 5.94. The predicted octanol–water partition coefficient (Wildman–Crippen LogP) is 3.77. The lowest BCUT2D eigenvalue weighted by atomic mass is 9.83. The van der Waals surface area contributed by atoms with Crippen LogP contribution in [0, 0.1) is 10.1 Å². The summed E-state index contributed by atoms with van der Waals surface area (Å²) in [6, 6.07) is 12.2. The molecule has 0 saturated carbocycles. The molecule has 1 aliphatic rings. The van der Waals surface area contributed by atoms with Crippen LogP contribution in [-0.2, 0) is 12.0 Å². The lowest BCUT2D eigenvalue weighted by Crippen LogP contribution is -2.23. The van der Waals surface area contributed by atoms with Crippen LogP contribution in [0.25, 0.3) is 0 Å². The van der Waals surface area contributed by atoms with Gasteiger partial charge in [0, 0.05) is 41.9 Å². The molecule has 0 aliphatic carbocycles. The van der Waals surface area contributed by atoms with E-state index in [-0.39, 0.29) is 23.6 Å². The highest BCUT2D eigenvalue weighted by atomic mass is 16.6. The predicted molar refractivity (Wildman–Crippen MR) is 101 cm³/mol. The fourth-order valence-corrected chi connectivity index (χ4v) is 3.30. The number of amides is 1. The second-order valence-corrected chi connectivity index (χ2v) is 6.93. The fraction of sp³-hybridized carbons (Fsp3) is 0.250. The van der Waals surface area contributed by atoms with E-state index in [1.54, 1.807) is 30.3 Å². The van der Waals surface area contributed by atoms with Crippen LogP contribution in [0.1, 0.15) is 35.3 Å². The third-order valence-electron chi connectivity index (χ3n) is 5.03. The number of anilines is 1. The van der Waals surface area contributed by atoms with Crippen molar-refractivity contribution in [1.29, 1.82) is 0 Å². The number of nitro benzene ring substituents is 1. The summed E-state index contributed by atoms with van der Waals surface area (Å²) < 4.78 is 0. The van der Waals surface area contributed by atoms with Gasteiger partial charge >= 0.3 is 0 Å². The molecule has 1 aliphatic heterocycles. The average Bonchev–Trinajstić information content (AvgIpc) is 2.80. The van der Waals surface area contributed by atoms with Crippen molar-refractivity contribution in [2.75, 3.05) is 11.9 Å². The van der Waals surface area contributed by atoms with Gasteiger partial charge in [-0.25, -0.2) is 0 Å². The Morgan fingerprint density at radius 2 is 1.92 bits per heavy atom. The Kier molecular flexibility index (Phi) is 4.28. The minimum Gasteiger partial charge on any atom is -0.348 e. The zero-order chi connectivity index (χ0) is 19.1. The van der Waals surface area contributed by atoms with Gasteiger partial charge in [-0.1, -0.05) is 38.6 Å². The topological polar surface area (TPSA) is 75.5 Å². The molecular formula is C20H21N3O3. The van der Waals surface area contributed by atoms with Crippen molar-refractivity contribution < 1.29 is 9.72 Å². The number of allylic oxidation sites excluding steroid dienone is 1. The van der Waals surface area contributed by atoms with Crippen molar-refractivity contribution in [3.63, 3.8) is 0 Å². The third-order valence-corrected chi connectivity index (χ3v) is 5.03. The maximum atomic E-state index is 12.3. The van der Waals surface area contributed by atoms with Gasteiger partial charge in [-0.05, 0) is 23.8 Å². The average molecular weight is 351 g/mol. The van der Waals surface area contributed by atoms with Crippen molar-refractivity contribution in [1.82, 2.24) is 5.32 Å². The first-order valence-corrected chi connectivity index (χ1v) is 8.31. The fourth-order valence-electron chi connectivity index (χ4n) is 3.30. The van der Waals surface area contributed by atoms with Crippen LogP contribution in [0.15, 0.2) is 54.7 Å². The minimum absolute atomic E-state index is 0.00513. The summed E-state index contributed by atoms with van der Waals surface area (Å²) in [5, 5.41) is 14.3. The van der Waals surface area contributed by atoms with Crippen LogP contribution < -0.4 is 10.2 Å². The quantitative estimate of drug-likeness (QED) is 0.672. The van der Waals surface area contributed by atoms with Gasteiger partial charge in [-0.3, -0.25) is 14.9 Å². The Morgan fingerprint density at radius 1 is 1.27 bits per heavy atom. The van der Waals surface area contributed by atoms with Crippen LogP contribution in [-0.4, -0.2) is 17.9 Å². The van der Waals surface area contributed by atoms with E-state index in [9.17, 15) is 14.9 Å². The molecule has 6 heteroatoms. The second-order valence-electron chi connectivity index (χ2n) is 6.93. The van der Waals surface area contributed by atoms with Crippen molar-refractivity contribution >= 4 is 17.3 Å². The molecule has 0 saturated heterocycles. The summed E-state index contributed by atoms with van der Waals surface area (Å²) in [6.07, 6.45) is 0. The molecule has 0 aromatic heterocycles. The molecule has 0 spiro atoms. The molecule has 6 nitrogen and oxygen atoms in total. The molecule has 0 fully saturated rings. The van der Waals surface area contributed by atoms with Crippen LogP contribution in [0.5, 0.6) is 0 Å². The molecule has 1 amide bonds. The summed E-state index contributed by atoms with van der Waals surface area (Å²) in [4.78, 5) is 25.3. The number of nitrogens with one attached hydrogen (secondary N) is 1. The maximum Gasteiger partial charge on any atom is 0.276 e. The number of carbonyl (C=O) groups is 1. The lowest BCUT2D eigenvalue weighted by molar-refractivity contribution is -0.385. The van der Waals surface area contributed by atoms with Gasteiger partial charge in [0.15, 0.2) is 0 Å². The number of nitrogens with zero attached hydrogens (tertiary/aromatic N) is 2. The van der Waals surface area contributed by atoms with Gasteiger partial charge < -0.3 is 10.2 Å². The van der Waals surface area contributed by atoms with Crippen LogP contribution in [0.4, 0.5) is 11.4 Å². The largest absolute Gasteiger partial charge is 0.348 e. The molecule has 1 heterocycles. The molecule has 2 aromatic carbocycles. The first kappa shape index (κ1) is 17.7.